The average molecular weight is 227 g/mol. The van der Waals surface area contributed by atoms with Gasteiger partial charge in [0.05, 0.1) is 10.0 Å². The Morgan fingerprint density at radius 2 is 1.79 bits per heavy atom. The van der Waals surface area contributed by atoms with Crippen LogP contribution in [-0.2, 0) is 0 Å². The van der Waals surface area contributed by atoms with E-state index < -0.39 is 0 Å². The molecule has 4 heteroatoms. The van der Waals surface area contributed by atoms with Crippen molar-refractivity contribution in [2.24, 2.45) is 0 Å². The summed E-state index contributed by atoms with van der Waals surface area (Å²) in [7, 11) is 0. The van der Waals surface area contributed by atoms with E-state index in [-0.39, 0.29) is 0 Å². The number of para-hydroxylation sites is 1. The fraction of sp³-hybridized carbons (Fsp3) is 0.100. The Hall–Kier alpha value is -0.990. The van der Waals surface area contributed by atoms with Crippen molar-refractivity contribution in [3.63, 3.8) is 0 Å². The second-order valence-corrected chi connectivity index (χ2v) is 3.77. The predicted octanol–water partition coefficient (Wildman–Crippen LogP) is 3.49. The van der Waals surface area contributed by atoms with Gasteiger partial charge in [-0.25, -0.2) is 4.68 Å². The molecule has 1 heterocycles. The summed E-state index contributed by atoms with van der Waals surface area (Å²) in [5.74, 6) is 0. The second-order valence-electron chi connectivity index (χ2n) is 2.95. The van der Waals surface area contributed by atoms with Gasteiger partial charge in [-0.1, -0.05) is 29.3 Å². The van der Waals surface area contributed by atoms with Crippen LogP contribution >= 0.6 is 23.2 Å². The van der Waals surface area contributed by atoms with Gasteiger partial charge in [0.1, 0.15) is 5.69 Å². The lowest BCUT2D eigenvalue weighted by Crippen LogP contribution is -2.00. The minimum atomic E-state index is 0.601. The number of aryl methyl sites for hydroxylation is 1. The van der Waals surface area contributed by atoms with Crippen molar-refractivity contribution in [3.05, 3.63) is 46.2 Å². The van der Waals surface area contributed by atoms with Crippen molar-refractivity contribution >= 4 is 23.2 Å². The maximum absolute atomic E-state index is 6.05. The van der Waals surface area contributed by atoms with Crippen LogP contribution in [0.15, 0.2) is 30.5 Å². The van der Waals surface area contributed by atoms with Crippen molar-refractivity contribution in [1.82, 2.24) is 9.78 Å². The highest BCUT2D eigenvalue weighted by atomic mass is 35.5. The molecule has 0 saturated carbocycles. The summed E-state index contributed by atoms with van der Waals surface area (Å²) in [6, 6.07) is 7.31. The number of hydrogen-bond acceptors (Lipinski definition) is 1. The fourth-order valence-electron chi connectivity index (χ4n) is 1.29. The topological polar surface area (TPSA) is 17.8 Å². The van der Waals surface area contributed by atoms with Gasteiger partial charge in [0.2, 0.25) is 0 Å². The Morgan fingerprint density at radius 3 is 2.29 bits per heavy atom. The van der Waals surface area contributed by atoms with Gasteiger partial charge in [-0.2, -0.15) is 5.10 Å². The lowest BCUT2D eigenvalue weighted by Gasteiger charge is -2.08. The molecule has 1 aromatic carbocycles. The highest BCUT2D eigenvalue weighted by molar-refractivity contribution is 6.37. The molecule has 2 nitrogen and oxygen atoms in total. The molecule has 0 aliphatic rings. The van der Waals surface area contributed by atoms with Crippen molar-refractivity contribution in [3.8, 4) is 5.69 Å². The van der Waals surface area contributed by atoms with E-state index in [0.29, 0.717) is 10.0 Å². The van der Waals surface area contributed by atoms with E-state index in [1.807, 2.05) is 19.1 Å². The number of benzene rings is 1. The van der Waals surface area contributed by atoms with E-state index >= 15 is 0 Å². The molecule has 0 atom stereocenters. The van der Waals surface area contributed by atoms with E-state index in [0.717, 1.165) is 11.4 Å². The van der Waals surface area contributed by atoms with E-state index in [1.165, 1.54) is 0 Å². The van der Waals surface area contributed by atoms with Crippen LogP contribution in [0.5, 0.6) is 0 Å². The monoisotopic (exact) mass is 226 g/mol. The van der Waals surface area contributed by atoms with Crippen LogP contribution in [0.3, 0.4) is 0 Å². The Bertz CT molecular complexity index is 443. The first kappa shape index (κ1) is 9.56. The van der Waals surface area contributed by atoms with Crippen LogP contribution in [0.25, 0.3) is 5.69 Å². The van der Waals surface area contributed by atoms with Gasteiger partial charge in [0.25, 0.3) is 0 Å². The normalized spacial score (nSPS) is 10.5. The Morgan fingerprint density at radius 1 is 1.14 bits per heavy atom. The summed E-state index contributed by atoms with van der Waals surface area (Å²) < 4.78 is 1.73. The molecule has 0 bridgehead atoms. The summed E-state index contributed by atoms with van der Waals surface area (Å²) in [5.41, 5.74) is 1.73. The fourth-order valence-corrected chi connectivity index (χ4v) is 1.85. The number of rotatable bonds is 1. The van der Waals surface area contributed by atoms with E-state index in [9.17, 15) is 0 Å². The minimum Gasteiger partial charge on any atom is -0.235 e. The molecule has 0 N–H and O–H groups in total. The van der Waals surface area contributed by atoms with E-state index in [4.69, 9.17) is 23.2 Å². The Kier molecular flexibility index (Phi) is 2.48. The first-order chi connectivity index (χ1) is 6.70. The molecular formula is C10H8Cl2N2. The van der Waals surface area contributed by atoms with Crippen molar-refractivity contribution in [2.45, 2.75) is 6.92 Å². The summed E-state index contributed by atoms with van der Waals surface area (Å²) in [5, 5.41) is 5.36. The van der Waals surface area contributed by atoms with Crippen LogP contribution in [0, 0.1) is 6.92 Å². The summed E-state index contributed by atoms with van der Waals surface area (Å²) in [6.07, 6.45) is 1.72. The molecule has 0 unspecified atom stereocenters. The molecule has 0 fully saturated rings. The SMILES string of the molecule is Cc1ccnn1-c1c(Cl)cccc1Cl. The third-order valence-corrected chi connectivity index (χ3v) is 2.59. The largest absolute Gasteiger partial charge is 0.235 e. The molecule has 2 rings (SSSR count). The summed E-state index contributed by atoms with van der Waals surface area (Å²) in [4.78, 5) is 0. The van der Waals surface area contributed by atoms with Crippen molar-refractivity contribution in [1.29, 1.82) is 0 Å². The number of nitrogens with zero attached hydrogens (tertiary/aromatic N) is 2. The molecule has 0 spiro atoms. The van der Waals surface area contributed by atoms with Crippen LogP contribution in [-0.4, -0.2) is 9.78 Å². The molecule has 14 heavy (non-hydrogen) atoms. The number of hydrogen-bond donors (Lipinski definition) is 0. The van der Waals surface area contributed by atoms with Gasteiger partial charge in [-0.15, -0.1) is 0 Å². The van der Waals surface area contributed by atoms with Gasteiger partial charge >= 0.3 is 0 Å². The van der Waals surface area contributed by atoms with Gasteiger partial charge in [-0.3, -0.25) is 0 Å². The third-order valence-electron chi connectivity index (χ3n) is 1.98. The lowest BCUT2D eigenvalue weighted by molar-refractivity contribution is 0.847. The van der Waals surface area contributed by atoms with E-state index in [1.54, 1.807) is 23.0 Å². The zero-order valence-electron chi connectivity index (χ0n) is 7.54. The van der Waals surface area contributed by atoms with Crippen molar-refractivity contribution in [2.75, 3.05) is 0 Å². The van der Waals surface area contributed by atoms with Gasteiger partial charge in [0.15, 0.2) is 0 Å². The number of aromatic nitrogens is 2. The minimum absolute atomic E-state index is 0.601. The van der Waals surface area contributed by atoms with E-state index in [2.05, 4.69) is 5.10 Å². The van der Waals surface area contributed by atoms with Crippen LogP contribution in [0.4, 0.5) is 0 Å². The molecule has 0 amide bonds. The molecule has 0 radical (unpaired) electrons. The molecule has 72 valence electrons. The first-order valence-corrected chi connectivity index (χ1v) is 4.91. The highest BCUT2D eigenvalue weighted by Gasteiger charge is 2.09. The predicted molar refractivity (Wildman–Crippen MR) is 58.3 cm³/mol. The van der Waals surface area contributed by atoms with Gasteiger partial charge in [0, 0.05) is 11.9 Å². The molecule has 1 aromatic heterocycles. The van der Waals surface area contributed by atoms with Gasteiger partial charge in [-0.05, 0) is 25.1 Å². The maximum atomic E-state index is 6.05. The zero-order valence-corrected chi connectivity index (χ0v) is 9.05. The molecule has 0 saturated heterocycles. The molecular weight excluding hydrogens is 219 g/mol. The summed E-state index contributed by atoms with van der Waals surface area (Å²) in [6.45, 7) is 1.95. The lowest BCUT2D eigenvalue weighted by atomic mass is 10.3. The second kappa shape index (κ2) is 3.64. The maximum Gasteiger partial charge on any atom is 0.102 e. The van der Waals surface area contributed by atoms with Crippen LogP contribution in [0.1, 0.15) is 5.69 Å². The zero-order chi connectivity index (χ0) is 10.1. The van der Waals surface area contributed by atoms with Crippen LogP contribution < -0.4 is 0 Å². The molecule has 2 aromatic rings. The third kappa shape index (κ3) is 1.51. The Labute approximate surface area is 92.1 Å². The van der Waals surface area contributed by atoms with Gasteiger partial charge < -0.3 is 0 Å². The smallest absolute Gasteiger partial charge is 0.102 e. The Balaban J connectivity index is 2.68. The molecule has 0 aliphatic heterocycles. The number of halogens is 2. The molecule has 0 aliphatic carbocycles. The highest BCUT2D eigenvalue weighted by Crippen LogP contribution is 2.28. The average Bonchev–Trinajstić information content (AvgIpc) is 2.52. The quantitative estimate of drug-likeness (QED) is 0.729. The van der Waals surface area contributed by atoms with Crippen molar-refractivity contribution < 1.29 is 0 Å². The standard InChI is InChI=1S/C10H8Cl2N2/c1-7-5-6-13-14(7)10-8(11)3-2-4-9(10)12/h2-6H,1H3. The summed E-state index contributed by atoms with van der Waals surface area (Å²) >= 11 is 12.1. The van der Waals surface area contributed by atoms with Crippen LogP contribution in [0.2, 0.25) is 10.0 Å². The first-order valence-electron chi connectivity index (χ1n) is 4.15.